The zero-order chi connectivity index (χ0) is 18.8. The maximum Gasteiger partial charge on any atom is 0.573 e. The maximum absolute atomic E-state index is 13.6. The molecule has 2 bridgehead atoms. The lowest BCUT2D eigenvalue weighted by Gasteiger charge is -2.50. The normalized spacial score (nSPS) is 22.9. The van der Waals surface area contributed by atoms with Crippen LogP contribution in [0.3, 0.4) is 0 Å². The van der Waals surface area contributed by atoms with E-state index in [-0.39, 0.29) is 23.6 Å². The lowest BCUT2D eigenvalue weighted by atomic mass is 9.91. The number of alkyl halides is 3. The molecule has 3 saturated heterocycles. The Hall–Kier alpha value is -2.40. The molecule has 2 unspecified atom stereocenters. The second-order valence-electron chi connectivity index (χ2n) is 6.49. The Labute approximate surface area is 153 Å². The van der Waals surface area contributed by atoms with E-state index >= 15 is 0 Å². The Kier molecular flexibility index (Phi) is 3.60. The number of benzene rings is 1. The maximum atomic E-state index is 13.6. The van der Waals surface area contributed by atoms with Crippen LogP contribution in [0.25, 0.3) is 21.7 Å². The quantitative estimate of drug-likeness (QED) is 0.489. The third-order valence-electron chi connectivity index (χ3n) is 4.72. The van der Waals surface area contributed by atoms with Gasteiger partial charge in [-0.25, -0.2) is 4.98 Å². The molecule has 1 aromatic carbocycles. The second kappa shape index (κ2) is 5.80. The SMILES string of the molecule is FN1C2CC1CN(c1nc3cc(OC(F)(F)F)cc(-c4nccs4)c3o1)C2. The molecular formula is C16H12F4N4O2S. The van der Waals surface area contributed by atoms with Gasteiger partial charge in [0.15, 0.2) is 5.58 Å². The molecule has 0 amide bonds. The zero-order valence-electron chi connectivity index (χ0n) is 13.6. The number of ether oxygens (including phenoxy) is 1. The van der Waals surface area contributed by atoms with Crippen molar-refractivity contribution in [3.63, 3.8) is 0 Å². The fraction of sp³-hybridized carbons (Fsp3) is 0.375. The summed E-state index contributed by atoms with van der Waals surface area (Å²) in [4.78, 5) is 10.3. The van der Waals surface area contributed by atoms with E-state index in [0.29, 0.717) is 29.2 Å². The van der Waals surface area contributed by atoms with Crippen molar-refractivity contribution in [2.45, 2.75) is 24.9 Å². The van der Waals surface area contributed by atoms with Gasteiger partial charge in [0.2, 0.25) is 0 Å². The Bertz CT molecular complexity index is 978. The molecule has 11 heteroatoms. The van der Waals surface area contributed by atoms with Crippen LogP contribution in [-0.2, 0) is 0 Å². The Balaban J connectivity index is 1.57. The molecule has 3 fully saturated rings. The predicted molar refractivity (Wildman–Crippen MR) is 89.2 cm³/mol. The summed E-state index contributed by atoms with van der Waals surface area (Å²) in [6.07, 6.45) is -2.49. The highest BCUT2D eigenvalue weighted by Gasteiger charge is 2.46. The summed E-state index contributed by atoms with van der Waals surface area (Å²) in [5.74, 6) is -0.392. The van der Waals surface area contributed by atoms with Crippen molar-refractivity contribution in [1.29, 1.82) is 0 Å². The average Bonchev–Trinajstić information content (AvgIpc) is 3.29. The van der Waals surface area contributed by atoms with E-state index in [9.17, 15) is 17.7 Å². The Morgan fingerprint density at radius 2 is 2.00 bits per heavy atom. The second-order valence-corrected chi connectivity index (χ2v) is 7.39. The number of aromatic nitrogens is 2. The van der Waals surface area contributed by atoms with Gasteiger partial charge in [-0.15, -0.1) is 34.1 Å². The van der Waals surface area contributed by atoms with Crippen molar-refractivity contribution >= 4 is 28.5 Å². The molecule has 27 heavy (non-hydrogen) atoms. The van der Waals surface area contributed by atoms with Crippen molar-refractivity contribution in [1.82, 2.24) is 15.1 Å². The fourth-order valence-electron chi connectivity index (χ4n) is 3.56. The molecule has 2 aromatic heterocycles. The van der Waals surface area contributed by atoms with E-state index in [2.05, 4.69) is 14.7 Å². The van der Waals surface area contributed by atoms with Gasteiger partial charge in [-0.05, 0) is 12.5 Å². The number of fused-ring (bicyclic) bond motifs is 3. The first kappa shape index (κ1) is 16.8. The largest absolute Gasteiger partial charge is 0.573 e. The summed E-state index contributed by atoms with van der Waals surface area (Å²) in [5, 5.41) is 3.03. The van der Waals surface area contributed by atoms with Crippen molar-refractivity contribution in [2.24, 2.45) is 0 Å². The van der Waals surface area contributed by atoms with Gasteiger partial charge in [0, 0.05) is 30.7 Å². The molecule has 0 radical (unpaired) electrons. The lowest BCUT2D eigenvalue weighted by molar-refractivity contribution is -0.274. The molecule has 5 heterocycles. The summed E-state index contributed by atoms with van der Waals surface area (Å²) < 4.78 is 61.5. The molecule has 0 N–H and O–H groups in total. The van der Waals surface area contributed by atoms with E-state index in [4.69, 9.17) is 4.42 Å². The van der Waals surface area contributed by atoms with Crippen LogP contribution < -0.4 is 9.64 Å². The summed E-state index contributed by atoms with van der Waals surface area (Å²) in [5.41, 5.74) is 0.925. The monoisotopic (exact) mass is 400 g/mol. The van der Waals surface area contributed by atoms with E-state index in [1.165, 1.54) is 23.5 Å². The van der Waals surface area contributed by atoms with Gasteiger partial charge in [0.1, 0.15) is 16.3 Å². The molecule has 3 aliphatic rings. The summed E-state index contributed by atoms with van der Waals surface area (Å²) >= 11 is 1.26. The van der Waals surface area contributed by atoms with E-state index in [1.807, 2.05) is 4.90 Å². The number of piperidine rings is 1. The third kappa shape index (κ3) is 2.90. The molecule has 0 spiro atoms. The first-order chi connectivity index (χ1) is 12.9. The van der Waals surface area contributed by atoms with E-state index < -0.39 is 12.1 Å². The van der Waals surface area contributed by atoms with E-state index in [1.54, 1.807) is 11.6 Å². The molecule has 6 rings (SSSR count). The molecule has 2 atom stereocenters. The minimum atomic E-state index is -4.82. The minimum absolute atomic E-state index is 0.207. The molecule has 3 aromatic rings. The smallest absolute Gasteiger partial charge is 0.423 e. The van der Waals surface area contributed by atoms with Crippen LogP contribution in [-0.4, -0.2) is 46.6 Å². The molecule has 6 nitrogen and oxygen atoms in total. The van der Waals surface area contributed by atoms with Crippen molar-refractivity contribution in [3.05, 3.63) is 23.7 Å². The summed E-state index contributed by atoms with van der Waals surface area (Å²) in [6, 6.07) is 2.26. The minimum Gasteiger partial charge on any atom is -0.423 e. The number of thiazole rings is 1. The lowest BCUT2D eigenvalue weighted by Crippen LogP contribution is -2.65. The number of hydrogen-bond acceptors (Lipinski definition) is 7. The Morgan fingerprint density at radius 1 is 1.22 bits per heavy atom. The van der Waals surface area contributed by atoms with Crippen LogP contribution in [0, 0.1) is 0 Å². The van der Waals surface area contributed by atoms with Crippen molar-refractivity contribution in [3.8, 4) is 16.3 Å². The molecule has 0 aliphatic carbocycles. The highest BCUT2D eigenvalue weighted by Crippen LogP contribution is 2.40. The number of hydrogen-bond donors (Lipinski definition) is 0. The summed E-state index contributed by atoms with van der Waals surface area (Å²) in [7, 11) is 0. The highest BCUT2D eigenvalue weighted by atomic mass is 32.1. The number of anilines is 1. The van der Waals surface area contributed by atoms with Crippen LogP contribution in [0.2, 0.25) is 0 Å². The van der Waals surface area contributed by atoms with Crippen LogP contribution >= 0.6 is 11.3 Å². The van der Waals surface area contributed by atoms with Gasteiger partial charge in [-0.1, -0.05) is 0 Å². The standard InChI is InChI=1S/C16H12F4N4O2S/c17-16(18,19)26-10-4-11(14-21-1-2-27-14)13-12(5-10)22-15(25-13)23-6-8-3-9(7-23)24(8)20/h1-2,4-5,8-9H,3,6-7H2. The number of oxazole rings is 1. The van der Waals surface area contributed by atoms with Crippen molar-refractivity contribution in [2.75, 3.05) is 18.0 Å². The van der Waals surface area contributed by atoms with Gasteiger partial charge in [-0.3, -0.25) is 0 Å². The highest BCUT2D eigenvalue weighted by molar-refractivity contribution is 7.13. The number of rotatable bonds is 3. The zero-order valence-corrected chi connectivity index (χ0v) is 14.4. The van der Waals surface area contributed by atoms with Gasteiger partial charge in [0.05, 0.1) is 17.6 Å². The average molecular weight is 400 g/mol. The number of piperazine rings is 1. The van der Waals surface area contributed by atoms with Gasteiger partial charge in [-0.2, -0.15) is 4.98 Å². The number of nitrogens with zero attached hydrogens (tertiary/aromatic N) is 4. The molecule has 0 saturated carbocycles. The van der Waals surface area contributed by atoms with Crippen LogP contribution in [0.15, 0.2) is 28.1 Å². The van der Waals surface area contributed by atoms with Crippen molar-refractivity contribution < 1.29 is 26.8 Å². The molecule has 3 aliphatic heterocycles. The van der Waals surface area contributed by atoms with Crippen LogP contribution in [0.1, 0.15) is 6.42 Å². The fourth-order valence-corrected chi connectivity index (χ4v) is 4.21. The first-order valence-corrected chi connectivity index (χ1v) is 9.04. The molecular weight excluding hydrogens is 388 g/mol. The van der Waals surface area contributed by atoms with E-state index in [0.717, 1.165) is 11.5 Å². The first-order valence-electron chi connectivity index (χ1n) is 8.16. The van der Waals surface area contributed by atoms with Gasteiger partial charge < -0.3 is 14.1 Å². The van der Waals surface area contributed by atoms with Crippen LogP contribution in [0.4, 0.5) is 23.7 Å². The summed E-state index contributed by atoms with van der Waals surface area (Å²) in [6.45, 7) is 0.830. The molecule has 142 valence electrons. The van der Waals surface area contributed by atoms with Gasteiger partial charge in [0.25, 0.3) is 6.01 Å². The predicted octanol–water partition coefficient (Wildman–Crippen LogP) is 4.00. The van der Waals surface area contributed by atoms with Crippen LogP contribution in [0.5, 0.6) is 5.75 Å². The topological polar surface area (TPSA) is 54.6 Å². The van der Waals surface area contributed by atoms with Gasteiger partial charge >= 0.3 is 6.36 Å². The Morgan fingerprint density at radius 3 is 2.63 bits per heavy atom. The third-order valence-corrected chi connectivity index (χ3v) is 5.53. The number of halogens is 4.